The molecule has 1 aliphatic heterocycles. The average Bonchev–Trinajstić information content (AvgIpc) is 3.11. The summed E-state index contributed by atoms with van der Waals surface area (Å²) in [6, 6.07) is 11.9. The first-order valence-corrected chi connectivity index (χ1v) is 9.96. The summed E-state index contributed by atoms with van der Waals surface area (Å²) >= 11 is 1.33. The van der Waals surface area contributed by atoms with Gasteiger partial charge in [0.1, 0.15) is 5.76 Å². The number of carbonyl (C=O) groups excluding carboxylic acids is 2. The molecule has 0 saturated carbocycles. The van der Waals surface area contributed by atoms with E-state index in [-0.39, 0.29) is 22.8 Å². The van der Waals surface area contributed by atoms with Crippen LogP contribution in [0.25, 0.3) is 5.57 Å². The predicted octanol–water partition coefficient (Wildman–Crippen LogP) is 3.36. The molecule has 0 saturated heterocycles. The zero-order valence-corrected chi connectivity index (χ0v) is 16.3. The fraction of sp³-hybridized carbons (Fsp3) is 0.350. The van der Waals surface area contributed by atoms with E-state index in [1.165, 1.54) is 22.9 Å². The minimum absolute atomic E-state index is 0.0558. The van der Waals surface area contributed by atoms with Crippen molar-refractivity contribution in [2.45, 2.75) is 25.5 Å². The van der Waals surface area contributed by atoms with Crippen molar-refractivity contribution >= 4 is 35.0 Å². The maximum atomic E-state index is 12.4. The number of benzene rings is 1. The quantitative estimate of drug-likeness (QED) is 0.825. The van der Waals surface area contributed by atoms with E-state index >= 15 is 0 Å². The van der Waals surface area contributed by atoms with Crippen LogP contribution < -0.4 is 5.32 Å². The molecule has 2 aromatic rings. The van der Waals surface area contributed by atoms with Crippen molar-refractivity contribution < 1.29 is 14.1 Å². The lowest BCUT2D eigenvalue weighted by Crippen LogP contribution is -2.36. The van der Waals surface area contributed by atoms with Crippen molar-refractivity contribution in [2.24, 2.45) is 0 Å². The molecule has 6 nitrogen and oxygen atoms in total. The van der Waals surface area contributed by atoms with Gasteiger partial charge in [0.05, 0.1) is 11.0 Å². The lowest BCUT2D eigenvalue weighted by atomic mass is 10.00. The van der Waals surface area contributed by atoms with Gasteiger partial charge < -0.3 is 14.7 Å². The zero-order chi connectivity index (χ0) is 19.2. The molecule has 0 aliphatic carbocycles. The number of amides is 2. The number of nitrogens with zero attached hydrogens (tertiary/aromatic N) is 2. The van der Waals surface area contributed by atoms with E-state index in [1.807, 2.05) is 23.1 Å². The van der Waals surface area contributed by atoms with Crippen LogP contribution in [0.5, 0.6) is 0 Å². The fourth-order valence-corrected chi connectivity index (χ4v) is 3.61. The summed E-state index contributed by atoms with van der Waals surface area (Å²) in [4.78, 5) is 26.4. The molecule has 1 aliphatic rings. The van der Waals surface area contributed by atoms with Crippen LogP contribution in [0.2, 0.25) is 0 Å². The number of carbonyl (C=O) groups is 2. The maximum Gasteiger partial charge on any atom is 0.238 e. The number of nitrogens with one attached hydrogen (secondary N) is 1. The molecule has 3 rings (SSSR count). The van der Waals surface area contributed by atoms with Crippen molar-refractivity contribution in [3.05, 3.63) is 53.8 Å². The normalized spacial score (nSPS) is 15.2. The Bertz CT molecular complexity index is 832. The number of aryl methyl sites for hydroxylation is 1. The second kappa shape index (κ2) is 8.90. The number of aromatic nitrogens is 1. The molecule has 27 heavy (non-hydrogen) atoms. The second-order valence-corrected chi connectivity index (χ2v) is 7.78. The van der Waals surface area contributed by atoms with E-state index in [0.29, 0.717) is 24.7 Å². The smallest absolute Gasteiger partial charge is 0.238 e. The van der Waals surface area contributed by atoms with E-state index in [2.05, 4.69) is 28.7 Å². The van der Waals surface area contributed by atoms with Crippen LogP contribution in [0.1, 0.15) is 24.7 Å². The molecule has 1 atom stereocenters. The van der Waals surface area contributed by atoms with Gasteiger partial charge in [-0.1, -0.05) is 41.6 Å². The summed E-state index contributed by atoms with van der Waals surface area (Å²) in [6.45, 7) is 4.86. The van der Waals surface area contributed by atoms with E-state index < -0.39 is 0 Å². The molecule has 1 unspecified atom stereocenters. The first-order chi connectivity index (χ1) is 13.0. The molecular weight excluding hydrogens is 362 g/mol. The molecule has 2 heterocycles. The Morgan fingerprint density at radius 1 is 1.33 bits per heavy atom. The Morgan fingerprint density at radius 3 is 2.74 bits per heavy atom. The molecule has 142 valence electrons. The van der Waals surface area contributed by atoms with Gasteiger partial charge in [-0.3, -0.25) is 9.59 Å². The van der Waals surface area contributed by atoms with Crippen LogP contribution in [-0.4, -0.2) is 46.0 Å². The molecule has 0 radical (unpaired) electrons. The SMILES string of the molecule is Cc1cc(NC(=O)C(C)SCC(=O)N2CC=C(c3ccccc3)CC2)no1. The summed E-state index contributed by atoms with van der Waals surface area (Å²) in [5, 5.41) is 6.08. The first kappa shape index (κ1) is 19.2. The number of hydrogen-bond donors (Lipinski definition) is 1. The Labute approximate surface area is 163 Å². The number of anilines is 1. The first-order valence-electron chi connectivity index (χ1n) is 8.91. The van der Waals surface area contributed by atoms with Crippen molar-refractivity contribution in [2.75, 3.05) is 24.2 Å². The highest BCUT2D eigenvalue weighted by Crippen LogP contribution is 2.23. The minimum Gasteiger partial charge on any atom is -0.360 e. The fourth-order valence-electron chi connectivity index (χ4n) is 2.83. The van der Waals surface area contributed by atoms with Crippen LogP contribution in [0.15, 0.2) is 47.0 Å². The monoisotopic (exact) mass is 385 g/mol. The van der Waals surface area contributed by atoms with Crippen molar-refractivity contribution in [1.82, 2.24) is 10.1 Å². The summed E-state index contributed by atoms with van der Waals surface area (Å²) < 4.78 is 4.93. The third-order valence-electron chi connectivity index (χ3n) is 4.41. The van der Waals surface area contributed by atoms with Crippen LogP contribution in [-0.2, 0) is 9.59 Å². The maximum absolute atomic E-state index is 12.4. The van der Waals surface area contributed by atoms with E-state index in [9.17, 15) is 9.59 Å². The summed E-state index contributed by atoms with van der Waals surface area (Å²) in [5.74, 6) is 1.17. The van der Waals surface area contributed by atoms with Gasteiger partial charge in [-0.2, -0.15) is 0 Å². The van der Waals surface area contributed by atoms with Gasteiger partial charge in [-0.15, -0.1) is 11.8 Å². The van der Waals surface area contributed by atoms with E-state index in [4.69, 9.17) is 4.52 Å². The van der Waals surface area contributed by atoms with Gasteiger partial charge in [0, 0.05) is 19.2 Å². The number of rotatable bonds is 6. The topological polar surface area (TPSA) is 75.4 Å². The Balaban J connectivity index is 1.45. The lowest BCUT2D eigenvalue weighted by Gasteiger charge is -2.27. The Morgan fingerprint density at radius 2 is 2.11 bits per heavy atom. The van der Waals surface area contributed by atoms with Gasteiger partial charge in [0.2, 0.25) is 11.8 Å². The van der Waals surface area contributed by atoms with Crippen LogP contribution in [0, 0.1) is 6.92 Å². The molecule has 1 N–H and O–H groups in total. The van der Waals surface area contributed by atoms with E-state index in [1.54, 1.807) is 19.9 Å². The van der Waals surface area contributed by atoms with Gasteiger partial charge in [-0.05, 0) is 31.4 Å². The average molecular weight is 385 g/mol. The highest BCUT2D eigenvalue weighted by Gasteiger charge is 2.21. The molecular formula is C20H23N3O3S. The van der Waals surface area contributed by atoms with Crippen LogP contribution in [0.4, 0.5) is 5.82 Å². The van der Waals surface area contributed by atoms with Gasteiger partial charge >= 0.3 is 0 Å². The number of thioether (sulfide) groups is 1. The molecule has 7 heteroatoms. The van der Waals surface area contributed by atoms with Crippen LogP contribution in [0.3, 0.4) is 0 Å². The third-order valence-corrected chi connectivity index (χ3v) is 5.54. The molecule has 0 fully saturated rings. The lowest BCUT2D eigenvalue weighted by molar-refractivity contribution is -0.127. The van der Waals surface area contributed by atoms with Crippen molar-refractivity contribution in [1.29, 1.82) is 0 Å². The summed E-state index contributed by atoms with van der Waals surface area (Å²) in [6.07, 6.45) is 2.96. The largest absolute Gasteiger partial charge is 0.360 e. The highest BCUT2D eigenvalue weighted by atomic mass is 32.2. The second-order valence-electron chi connectivity index (χ2n) is 6.45. The summed E-state index contributed by atoms with van der Waals surface area (Å²) in [5.41, 5.74) is 2.50. The standard InChI is InChI=1S/C20H23N3O3S/c1-14-12-18(22-26-14)21-20(25)15(2)27-13-19(24)23-10-8-17(9-11-23)16-6-4-3-5-7-16/h3-8,12,15H,9-11,13H2,1-2H3,(H,21,22,25). The zero-order valence-electron chi connectivity index (χ0n) is 15.5. The molecule has 2 amide bonds. The highest BCUT2D eigenvalue weighted by molar-refractivity contribution is 8.01. The molecule has 1 aromatic heterocycles. The number of hydrogen-bond acceptors (Lipinski definition) is 5. The third kappa shape index (κ3) is 5.23. The van der Waals surface area contributed by atoms with Gasteiger partial charge in [0.25, 0.3) is 0 Å². The summed E-state index contributed by atoms with van der Waals surface area (Å²) in [7, 11) is 0. The van der Waals surface area contributed by atoms with Crippen molar-refractivity contribution in [3.63, 3.8) is 0 Å². The minimum atomic E-state index is -0.355. The molecule has 1 aromatic carbocycles. The molecule has 0 bridgehead atoms. The van der Waals surface area contributed by atoms with Crippen molar-refractivity contribution in [3.8, 4) is 0 Å². The van der Waals surface area contributed by atoms with E-state index in [0.717, 1.165) is 6.42 Å². The molecule has 0 spiro atoms. The Kier molecular flexibility index (Phi) is 6.34. The Hall–Kier alpha value is -2.54. The van der Waals surface area contributed by atoms with Gasteiger partial charge in [0.15, 0.2) is 5.82 Å². The predicted molar refractivity (Wildman–Crippen MR) is 107 cm³/mol. The van der Waals surface area contributed by atoms with Gasteiger partial charge in [-0.25, -0.2) is 0 Å². The van der Waals surface area contributed by atoms with Crippen LogP contribution >= 0.6 is 11.8 Å².